The van der Waals surface area contributed by atoms with E-state index in [9.17, 15) is 4.79 Å². The molecule has 4 heteroatoms. The van der Waals surface area contributed by atoms with Crippen molar-refractivity contribution in [2.24, 2.45) is 5.92 Å². The van der Waals surface area contributed by atoms with Crippen LogP contribution in [-0.4, -0.2) is 50.2 Å². The van der Waals surface area contributed by atoms with E-state index in [0.29, 0.717) is 13.0 Å². The summed E-state index contributed by atoms with van der Waals surface area (Å²) in [5, 5.41) is 3.33. The number of hydrogen-bond donors (Lipinski definition) is 1. The fourth-order valence-electron chi connectivity index (χ4n) is 2.92. The lowest BCUT2D eigenvalue weighted by Crippen LogP contribution is -2.44. The molecule has 1 aliphatic heterocycles. The number of nitrogens with zero attached hydrogens (tertiary/aromatic N) is 1. The highest BCUT2D eigenvalue weighted by molar-refractivity contribution is 5.76. The number of hydrogen-bond acceptors (Lipinski definition) is 3. The van der Waals surface area contributed by atoms with Crippen LogP contribution in [0, 0.1) is 5.92 Å². The summed E-state index contributed by atoms with van der Waals surface area (Å²) in [5.74, 6) is 1.10. The highest BCUT2D eigenvalue weighted by Gasteiger charge is 2.20. The van der Waals surface area contributed by atoms with Crippen LogP contribution in [0.2, 0.25) is 0 Å². The van der Waals surface area contributed by atoms with Gasteiger partial charge in [0.15, 0.2) is 0 Å². The Hall–Kier alpha value is -0.610. The topological polar surface area (TPSA) is 41.6 Å². The van der Waals surface area contributed by atoms with Crippen LogP contribution in [0.25, 0.3) is 0 Å². The summed E-state index contributed by atoms with van der Waals surface area (Å²) in [5.41, 5.74) is 0. The number of carbonyl (C=O) groups is 1. The summed E-state index contributed by atoms with van der Waals surface area (Å²) in [4.78, 5) is 13.9. The Bertz CT molecular complexity index is 259. The number of carbonyl (C=O) groups excluding carboxylic acids is 1. The molecule has 1 unspecified atom stereocenters. The highest BCUT2D eigenvalue weighted by Crippen LogP contribution is 2.27. The Morgan fingerprint density at radius 2 is 2.17 bits per heavy atom. The maximum Gasteiger partial charge on any atom is 0.223 e. The smallest absolute Gasteiger partial charge is 0.223 e. The van der Waals surface area contributed by atoms with Crippen LogP contribution in [0.3, 0.4) is 0 Å². The molecule has 2 fully saturated rings. The first-order valence-electron chi connectivity index (χ1n) is 7.31. The van der Waals surface area contributed by atoms with Crippen LogP contribution in [0.5, 0.6) is 0 Å². The number of nitrogens with one attached hydrogen (secondary N) is 1. The summed E-state index contributed by atoms with van der Waals surface area (Å²) >= 11 is 0. The van der Waals surface area contributed by atoms with Gasteiger partial charge in [-0.3, -0.25) is 4.79 Å². The molecule has 0 spiro atoms. The average Bonchev–Trinajstić information content (AvgIpc) is 2.90. The van der Waals surface area contributed by atoms with Crippen LogP contribution < -0.4 is 5.32 Å². The molecule has 0 aromatic heterocycles. The van der Waals surface area contributed by atoms with Crippen LogP contribution in [0.15, 0.2) is 0 Å². The van der Waals surface area contributed by atoms with Crippen LogP contribution in [-0.2, 0) is 9.53 Å². The van der Waals surface area contributed by atoms with E-state index in [4.69, 9.17) is 4.74 Å². The molecule has 2 rings (SSSR count). The van der Waals surface area contributed by atoms with Gasteiger partial charge in [-0.25, -0.2) is 0 Å². The maximum absolute atomic E-state index is 12.0. The minimum atomic E-state index is 0.209. The molecule has 4 nitrogen and oxygen atoms in total. The van der Waals surface area contributed by atoms with Crippen molar-refractivity contribution in [3.63, 3.8) is 0 Å². The van der Waals surface area contributed by atoms with Gasteiger partial charge >= 0.3 is 0 Å². The van der Waals surface area contributed by atoms with E-state index in [-0.39, 0.29) is 11.9 Å². The number of morpholine rings is 1. The molecule has 1 N–H and O–H groups in total. The third-order valence-electron chi connectivity index (χ3n) is 4.19. The molecule has 0 bridgehead atoms. The third kappa shape index (κ3) is 4.25. The van der Waals surface area contributed by atoms with Gasteiger partial charge in [0.1, 0.15) is 0 Å². The number of amides is 1. The lowest BCUT2D eigenvalue weighted by Gasteiger charge is -2.26. The second-order valence-electron chi connectivity index (χ2n) is 5.68. The zero-order chi connectivity index (χ0) is 12.8. The normalized spacial score (nSPS) is 25.3. The number of ether oxygens (including phenoxy) is 1. The van der Waals surface area contributed by atoms with E-state index < -0.39 is 0 Å². The molecule has 18 heavy (non-hydrogen) atoms. The minimum absolute atomic E-state index is 0.209. The average molecular weight is 254 g/mol. The van der Waals surface area contributed by atoms with Crippen molar-refractivity contribution in [2.75, 3.05) is 33.4 Å². The zero-order valence-electron chi connectivity index (χ0n) is 11.5. The predicted octanol–water partition coefficient (Wildman–Crippen LogP) is 1.40. The Morgan fingerprint density at radius 3 is 2.83 bits per heavy atom. The molecule has 1 saturated carbocycles. The molecular weight excluding hydrogens is 228 g/mol. The zero-order valence-corrected chi connectivity index (χ0v) is 11.5. The minimum Gasteiger partial charge on any atom is -0.378 e. The first-order valence-corrected chi connectivity index (χ1v) is 7.31. The van der Waals surface area contributed by atoms with E-state index in [1.807, 2.05) is 11.9 Å². The van der Waals surface area contributed by atoms with E-state index in [0.717, 1.165) is 25.6 Å². The molecule has 1 saturated heterocycles. The van der Waals surface area contributed by atoms with E-state index in [1.165, 1.54) is 32.1 Å². The Kier molecular flexibility index (Phi) is 5.45. The van der Waals surface area contributed by atoms with Gasteiger partial charge < -0.3 is 15.0 Å². The van der Waals surface area contributed by atoms with E-state index >= 15 is 0 Å². The molecule has 0 aromatic rings. The van der Waals surface area contributed by atoms with Gasteiger partial charge in [0.25, 0.3) is 0 Å². The molecule has 1 atom stereocenters. The monoisotopic (exact) mass is 254 g/mol. The fraction of sp³-hybridized carbons (Fsp3) is 0.929. The van der Waals surface area contributed by atoms with Crippen LogP contribution in [0.4, 0.5) is 0 Å². The fourth-order valence-corrected chi connectivity index (χ4v) is 2.92. The van der Waals surface area contributed by atoms with Crippen molar-refractivity contribution in [3.05, 3.63) is 0 Å². The van der Waals surface area contributed by atoms with Gasteiger partial charge in [0.2, 0.25) is 5.91 Å². The Labute approximate surface area is 110 Å². The molecule has 104 valence electrons. The van der Waals surface area contributed by atoms with Crippen LogP contribution >= 0.6 is 0 Å². The van der Waals surface area contributed by atoms with Gasteiger partial charge in [-0.05, 0) is 12.3 Å². The van der Waals surface area contributed by atoms with Gasteiger partial charge in [-0.1, -0.05) is 25.7 Å². The molecule has 1 heterocycles. The van der Waals surface area contributed by atoms with Gasteiger partial charge in [-0.15, -0.1) is 0 Å². The lowest BCUT2D eigenvalue weighted by atomic mass is 10.0. The quantitative estimate of drug-likeness (QED) is 0.806. The SMILES string of the molecule is CN(CCC1CCCC1)C(=O)CC1COCCN1. The van der Waals surface area contributed by atoms with Gasteiger partial charge in [-0.2, -0.15) is 0 Å². The van der Waals surface area contributed by atoms with E-state index in [1.54, 1.807) is 0 Å². The van der Waals surface area contributed by atoms with Gasteiger partial charge in [0, 0.05) is 32.6 Å². The van der Waals surface area contributed by atoms with Crippen LogP contribution in [0.1, 0.15) is 38.5 Å². The van der Waals surface area contributed by atoms with Crippen molar-refractivity contribution in [1.29, 1.82) is 0 Å². The number of rotatable bonds is 5. The lowest BCUT2D eigenvalue weighted by molar-refractivity contribution is -0.131. The second kappa shape index (κ2) is 7.10. The Balaban J connectivity index is 1.63. The molecule has 0 aromatic carbocycles. The Morgan fingerprint density at radius 1 is 1.39 bits per heavy atom. The largest absolute Gasteiger partial charge is 0.378 e. The molecule has 2 aliphatic rings. The van der Waals surface area contributed by atoms with Crippen molar-refractivity contribution in [1.82, 2.24) is 10.2 Å². The van der Waals surface area contributed by atoms with Crippen molar-refractivity contribution in [2.45, 2.75) is 44.6 Å². The highest BCUT2D eigenvalue weighted by atomic mass is 16.5. The summed E-state index contributed by atoms with van der Waals surface area (Å²) in [7, 11) is 1.93. The summed E-state index contributed by atoms with van der Waals surface area (Å²) in [6.45, 7) is 3.21. The summed E-state index contributed by atoms with van der Waals surface area (Å²) < 4.78 is 5.37. The van der Waals surface area contributed by atoms with Crippen molar-refractivity contribution < 1.29 is 9.53 Å². The van der Waals surface area contributed by atoms with Crippen molar-refractivity contribution in [3.8, 4) is 0 Å². The third-order valence-corrected chi connectivity index (χ3v) is 4.19. The summed E-state index contributed by atoms with van der Waals surface area (Å²) in [6, 6.07) is 0.209. The summed E-state index contributed by atoms with van der Waals surface area (Å²) in [6.07, 6.45) is 7.23. The van der Waals surface area contributed by atoms with E-state index in [2.05, 4.69) is 5.32 Å². The van der Waals surface area contributed by atoms with Gasteiger partial charge in [0.05, 0.1) is 13.2 Å². The predicted molar refractivity (Wildman–Crippen MR) is 71.4 cm³/mol. The first-order chi connectivity index (χ1) is 8.75. The molecular formula is C14H26N2O2. The standard InChI is InChI=1S/C14H26N2O2/c1-16(8-6-12-4-2-3-5-12)14(17)10-13-11-18-9-7-15-13/h12-13,15H,2-11H2,1H3. The second-order valence-corrected chi connectivity index (χ2v) is 5.68. The molecule has 1 aliphatic carbocycles. The maximum atomic E-state index is 12.0. The first kappa shape index (κ1) is 13.8. The molecule has 0 radical (unpaired) electrons. The van der Waals surface area contributed by atoms with Crippen molar-refractivity contribution >= 4 is 5.91 Å². The molecule has 1 amide bonds.